The zero-order valence-electron chi connectivity index (χ0n) is 14.5. The average Bonchev–Trinajstić information content (AvgIpc) is 2.58. The summed E-state index contributed by atoms with van der Waals surface area (Å²) < 4.78 is 5.50. The third-order valence-electron chi connectivity index (χ3n) is 4.87. The molecule has 1 aliphatic heterocycles. The number of carbonyl (C=O) groups is 2. The smallest absolute Gasteiger partial charge is 0.265 e. The first-order chi connectivity index (χ1) is 11.6. The Kier molecular flexibility index (Phi) is 5.07. The van der Waals surface area contributed by atoms with Crippen molar-refractivity contribution in [3.63, 3.8) is 0 Å². The van der Waals surface area contributed by atoms with Crippen LogP contribution in [0.3, 0.4) is 0 Å². The van der Waals surface area contributed by atoms with Crippen molar-refractivity contribution in [1.82, 2.24) is 5.32 Å². The maximum atomic E-state index is 13.0. The summed E-state index contributed by atoms with van der Waals surface area (Å²) in [5.41, 5.74) is 0.686. The number of hydrogen-bond acceptors (Lipinski definition) is 3. The number of anilines is 1. The summed E-state index contributed by atoms with van der Waals surface area (Å²) in [4.78, 5) is 27.1. The van der Waals surface area contributed by atoms with Crippen molar-refractivity contribution in [2.75, 3.05) is 11.5 Å². The standard InChI is InChI=1S/C19H26N2O3/c1-13(2)18(19(23)20-14-8-4-3-5-9-14)21-15-10-6-7-11-16(15)24-12-17(21)22/h6-7,10-11,13-14,18H,3-5,8-9,12H2,1-2H3,(H,20,23). The van der Waals surface area contributed by atoms with E-state index in [1.54, 1.807) is 4.90 Å². The van der Waals surface area contributed by atoms with Crippen molar-refractivity contribution < 1.29 is 14.3 Å². The highest BCUT2D eigenvalue weighted by molar-refractivity contribution is 6.04. The van der Waals surface area contributed by atoms with Gasteiger partial charge in [-0.3, -0.25) is 14.5 Å². The molecular weight excluding hydrogens is 304 g/mol. The van der Waals surface area contributed by atoms with Crippen LogP contribution in [0.5, 0.6) is 5.75 Å². The van der Waals surface area contributed by atoms with E-state index >= 15 is 0 Å². The van der Waals surface area contributed by atoms with E-state index < -0.39 is 6.04 Å². The lowest BCUT2D eigenvalue weighted by atomic mass is 9.94. The number of para-hydroxylation sites is 2. The molecule has 1 heterocycles. The summed E-state index contributed by atoms with van der Waals surface area (Å²) in [7, 11) is 0. The van der Waals surface area contributed by atoms with Gasteiger partial charge in [0.25, 0.3) is 5.91 Å². The Hall–Kier alpha value is -2.04. The van der Waals surface area contributed by atoms with Crippen molar-refractivity contribution in [1.29, 1.82) is 0 Å². The minimum absolute atomic E-state index is 0.0169. The normalized spacial score (nSPS) is 19.6. The molecule has 1 saturated carbocycles. The van der Waals surface area contributed by atoms with Crippen LogP contribution in [0.25, 0.3) is 0 Å². The molecule has 5 nitrogen and oxygen atoms in total. The fourth-order valence-electron chi connectivity index (χ4n) is 3.68. The van der Waals surface area contributed by atoms with Crippen molar-refractivity contribution >= 4 is 17.5 Å². The van der Waals surface area contributed by atoms with Crippen LogP contribution in [0.15, 0.2) is 24.3 Å². The average molecular weight is 330 g/mol. The molecule has 5 heteroatoms. The predicted octanol–water partition coefficient (Wildman–Crippen LogP) is 2.89. The molecule has 0 aromatic heterocycles. The number of amides is 2. The molecule has 2 amide bonds. The van der Waals surface area contributed by atoms with E-state index in [4.69, 9.17) is 4.74 Å². The van der Waals surface area contributed by atoms with Gasteiger partial charge in [-0.1, -0.05) is 45.2 Å². The third kappa shape index (κ3) is 3.40. The largest absolute Gasteiger partial charge is 0.482 e. The number of nitrogens with zero attached hydrogens (tertiary/aromatic N) is 1. The minimum Gasteiger partial charge on any atom is -0.482 e. The summed E-state index contributed by atoms with van der Waals surface area (Å²) in [5.74, 6) is 0.463. The molecule has 1 atom stereocenters. The number of carbonyl (C=O) groups excluding carboxylic acids is 2. The summed E-state index contributed by atoms with van der Waals surface area (Å²) in [5, 5.41) is 3.18. The Morgan fingerprint density at radius 1 is 1.21 bits per heavy atom. The zero-order chi connectivity index (χ0) is 17.1. The summed E-state index contributed by atoms with van der Waals surface area (Å²) in [6, 6.07) is 7.15. The maximum absolute atomic E-state index is 13.0. The molecule has 1 aromatic rings. The van der Waals surface area contributed by atoms with Crippen LogP contribution in [0.4, 0.5) is 5.69 Å². The van der Waals surface area contributed by atoms with Crippen molar-refractivity contribution in [3.05, 3.63) is 24.3 Å². The van der Waals surface area contributed by atoms with E-state index in [-0.39, 0.29) is 30.4 Å². The molecule has 2 aliphatic rings. The number of fused-ring (bicyclic) bond motifs is 1. The number of ether oxygens (including phenoxy) is 1. The Morgan fingerprint density at radius 2 is 1.92 bits per heavy atom. The summed E-state index contributed by atoms with van der Waals surface area (Å²) in [6.07, 6.45) is 5.64. The third-order valence-corrected chi connectivity index (χ3v) is 4.87. The van der Waals surface area contributed by atoms with Crippen LogP contribution in [-0.2, 0) is 9.59 Å². The van der Waals surface area contributed by atoms with Gasteiger partial charge in [-0.2, -0.15) is 0 Å². The molecule has 1 N–H and O–H groups in total. The highest BCUT2D eigenvalue weighted by Gasteiger charge is 2.38. The van der Waals surface area contributed by atoms with Gasteiger partial charge in [0.2, 0.25) is 5.91 Å². The van der Waals surface area contributed by atoms with Crippen LogP contribution >= 0.6 is 0 Å². The van der Waals surface area contributed by atoms with Gasteiger partial charge in [-0.25, -0.2) is 0 Å². The molecule has 0 spiro atoms. The van der Waals surface area contributed by atoms with Gasteiger partial charge < -0.3 is 10.1 Å². The number of nitrogens with one attached hydrogen (secondary N) is 1. The summed E-state index contributed by atoms with van der Waals surface area (Å²) >= 11 is 0. The first-order valence-electron chi connectivity index (χ1n) is 8.92. The van der Waals surface area contributed by atoms with Gasteiger partial charge >= 0.3 is 0 Å². The van der Waals surface area contributed by atoms with E-state index in [1.807, 2.05) is 38.1 Å². The van der Waals surface area contributed by atoms with E-state index in [0.29, 0.717) is 11.4 Å². The number of rotatable bonds is 4. The van der Waals surface area contributed by atoms with Crippen LogP contribution in [0.2, 0.25) is 0 Å². The SMILES string of the molecule is CC(C)C(C(=O)NC1CCCCC1)N1C(=O)COc2ccccc21. The molecule has 1 fully saturated rings. The highest BCUT2D eigenvalue weighted by Crippen LogP contribution is 2.34. The minimum atomic E-state index is -0.510. The second-order valence-electron chi connectivity index (χ2n) is 7.05. The molecule has 0 bridgehead atoms. The highest BCUT2D eigenvalue weighted by atomic mass is 16.5. The molecule has 1 aliphatic carbocycles. The van der Waals surface area contributed by atoms with E-state index in [2.05, 4.69) is 5.32 Å². The van der Waals surface area contributed by atoms with Crippen molar-refractivity contribution in [2.45, 2.75) is 58.0 Å². The molecular formula is C19H26N2O3. The summed E-state index contributed by atoms with van der Waals surface area (Å²) in [6.45, 7) is 3.95. The van der Waals surface area contributed by atoms with Crippen LogP contribution in [0.1, 0.15) is 46.0 Å². The molecule has 1 unspecified atom stereocenters. The molecule has 24 heavy (non-hydrogen) atoms. The second-order valence-corrected chi connectivity index (χ2v) is 7.05. The van der Waals surface area contributed by atoms with E-state index in [1.165, 1.54) is 6.42 Å². The van der Waals surface area contributed by atoms with Crippen molar-refractivity contribution in [3.8, 4) is 5.75 Å². The van der Waals surface area contributed by atoms with Gasteiger partial charge in [0.15, 0.2) is 6.61 Å². The van der Waals surface area contributed by atoms with E-state index in [0.717, 1.165) is 25.7 Å². The van der Waals surface area contributed by atoms with Crippen LogP contribution in [0, 0.1) is 5.92 Å². The predicted molar refractivity (Wildman–Crippen MR) is 93.1 cm³/mol. The Labute approximate surface area is 143 Å². The number of benzene rings is 1. The first kappa shape index (κ1) is 16.8. The van der Waals surface area contributed by atoms with Gasteiger partial charge in [0.05, 0.1) is 5.69 Å². The quantitative estimate of drug-likeness (QED) is 0.923. The van der Waals surface area contributed by atoms with Crippen LogP contribution < -0.4 is 15.0 Å². The molecule has 3 rings (SSSR count). The van der Waals surface area contributed by atoms with E-state index in [9.17, 15) is 9.59 Å². The topological polar surface area (TPSA) is 58.6 Å². The Morgan fingerprint density at radius 3 is 2.62 bits per heavy atom. The molecule has 0 saturated heterocycles. The molecule has 1 aromatic carbocycles. The monoisotopic (exact) mass is 330 g/mol. The lowest BCUT2D eigenvalue weighted by Gasteiger charge is -2.38. The van der Waals surface area contributed by atoms with Gasteiger partial charge in [0.1, 0.15) is 11.8 Å². The fourth-order valence-corrected chi connectivity index (χ4v) is 3.68. The lowest BCUT2D eigenvalue weighted by Crippen LogP contribution is -2.56. The fraction of sp³-hybridized carbons (Fsp3) is 0.579. The van der Waals surface area contributed by atoms with Gasteiger partial charge in [-0.05, 0) is 30.9 Å². The van der Waals surface area contributed by atoms with Gasteiger partial charge in [0, 0.05) is 6.04 Å². The Bertz CT molecular complexity index is 608. The molecule has 0 radical (unpaired) electrons. The first-order valence-corrected chi connectivity index (χ1v) is 8.92. The van der Waals surface area contributed by atoms with Gasteiger partial charge in [-0.15, -0.1) is 0 Å². The van der Waals surface area contributed by atoms with Crippen molar-refractivity contribution in [2.24, 2.45) is 5.92 Å². The maximum Gasteiger partial charge on any atom is 0.265 e. The number of hydrogen-bond donors (Lipinski definition) is 1. The van der Waals surface area contributed by atoms with Crippen LogP contribution in [-0.4, -0.2) is 30.5 Å². The molecule has 130 valence electrons. The lowest BCUT2D eigenvalue weighted by molar-refractivity contribution is -0.129. The Balaban J connectivity index is 1.84. The second kappa shape index (κ2) is 7.24. The zero-order valence-corrected chi connectivity index (χ0v) is 14.5.